The Kier molecular flexibility index (Phi) is 7.99. The number of carbonyl (C=O) groups is 3. The molecule has 2 N–H and O–H groups in total. The maximum absolute atomic E-state index is 12.3. The number of esters is 1. The number of thiocarbonyl (C=S) groups is 1. The number of benzene rings is 1. The maximum Gasteiger partial charge on any atom is 0.308 e. The van der Waals surface area contributed by atoms with Crippen LogP contribution in [0.1, 0.15) is 25.3 Å². The third-order valence-corrected chi connectivity index (χ3v) is 4.53. The predicted molar refractivity (Wildman–Crippen MR) is 105 cm³/mol. The van der Waals surface area contributed by atoms with Gasteiger partial charge in [-0.25, -0.2) is 0 Å². The molecule has 2 amide bonds. The van der Waals surface area contributed by atoms with Gasteiger partial charge in [0.2, 0.25) is 11.8 Å². The van der Waals surface area contributed by atoms with Crippen molar-refractivity contribution in [2.75, 3.05) is 19.7 Å². The zero-order valence-corrected chi connectivity index (χ0v) is 16.6. The first-order chi connectivity index (χ1) is 12.9. The molecule has 0 saturated carbocycles. The van der Waals surface area contributed by atoms with Crippen LogP contribution in [0.25, 0.3) is 0 Å². The summed E-state index contributed by atoms with van der Waals surface area (Å²) in [6.45, 7) is 2.97. The van der Waals surface area contributed by atoms with Crippen LogP contribution in [-0.4, -0.2) is 53.5 Å². The Bertz CT molecular complexity index is 711. The SMILES string of the molecule is CCCOC(=O)CC1C(=O)NCCN1C(=S)NC(=O)Cc1ccc(Cl)cc1. The van der Waals surface area contributed by atoms with Crippen molar-refractivity contribution in [1.82, 2.24) is 15.5 Å². The Morgan fingerprint density at radius 2 is 2.07 bits per heavy atom. The highest BCUT2D eigenvalue weighted by Crippen LogP contribution is 2.12. The summed E-state index contributed by atoms with van der Waals surface area (Å²) in [7, 11) is 0. The van der Waals surface area contributed by atoms with E-state index in [-0.39, 0.29) is 29.8 Å². The average molecular weight is 412 g/mol. The van der Waals surface area contributed by atoms with Crippen LogP contribution in [0.2, 0.25) is 5.02 Å². The van der Waals surface area contributed by atoms with Gasteiger partial charge in [0.25, 0.3) is 0 Å². The van der Waals surface area contributed by atoms with Crippen molar-refractivity contribution >= 4 is 46.7 Å². The number of piperazine rings is 1. The molecule has 0 spiro atoms. The molecule has 0 bridgehead atoms. The lowest BCUT2D eigenvalue weighted by atomic mass is 10.1. The Morgan fingerprint density at radius 1 is 1.37 bits per heavy atom. The summed E-state index contributed by atoms with van der Waals surface area (Å²) in [5.41, 5.74) is 0.788. The van der Waals surface area contributed by atoms with Crippen molar-refractivity contribution < 1.29 is 19.1 Å². The second kappa shape index (κ2) is 10.2. The van der Waals surface area contributed by atoms with Crippen LogP contribution >= 0.6 is 23.8 Å². The van der Waals surface area contributed by atoms with Crippen LogP contribution in [0.4, 0.5) is 0 Å². The summed E-state index contributed by atoms with van der Waals surface area (Å²) in [6.07, 6.45) is 0.699. The molecule has 1 fully saturated rings. The first-order valence-corrected chi connectivity index (χ1v) is 9.47. The number of ether oxygens (including phenoxy) is 1. The van der Waals surface area contributed by atoms with Crippen LogP contribution in [0.15, 0.2) is 24.3 Å². The lowest BCUT2D eigenvalue weighted by Gasteiger charge is -2.36. The van der Waals surface area contributed by atoms with Gasteiger partial charge < -0.3 is 20.3 Å². The Hall–Kier alpha value is -2.19. The average Bonchev–Trinajstić information content (AvgIpc) is 2.63. The zero-order chi connectivity index (χ0) is 19.8. The van der Waals surface area contributed by atoms with Crippen LogP contribution < -0.4 is 10.6 Å². The van der Waals surface area contributed by atoms with Gasteiger partial charge >= 0.3 is 5.97 Å². The molecule has 146 valence electrons. The fourth-order valence-electron chi connectivity index (χ4n) is 2.62. The van der Waals surface area contributed by atoms with Gasteiger partial charge in [0.15, 0.2) is 5.11 Å². The molecule has 1 aromatic carbocycles. The molecule has 1 atom stereocenters. The highest BCUT2D eigenvalue weighted by atomic mass is 35.5. The van der Waals surface area contributed by atoms with Gasteiger partial charge in [0.1, 0.15) is 6.04 Å². The number of hydrogen-bond acceptors (Lipinski definition) is 5. The van der Waals surface area contributed by atoms with Gasteiger partial charge in [0.05, 0.1) is 19.4 Å². The topological polar surface area (TPSA) is 87.7 Å². The van der Waals surface area contributed by atoms with Gasteiger partial charge in [-0.05, 0) is 36.3 Å². The van der Waals surface area contributed by atoms with Gasteiger partial charge in [0, 0.05) is 18.1 Å². The predicted octanol–water partition coefficient (Wildman–Crippen LogP) is 1.43. The Labute approximate surface area is 168 Å². The molecule has 27 heavy (non-hydrogen) atoms. The summed E-state index contributed by atoms with van der Waals surface area (Å²) in [6, 6.07) is 6.12. The third kappa shape index (κ3) is 6.48. The Morgan fingerprint density at radius 3 is 2.74 bits per heavy atom. The molecule has 1 aliphatic rings. The van der Waals surface area contributed by atoms with E-state index in [2.05, 4.69) is 10.6 Å². The standard InChI is InChI=1S/C18H22ClN3O4S/c1-2-9-26-16(24)11-14-17(25)20-7-8-22(14)18(27)21-15(23)10-12-3-5-13(19)6-4-12/h3-6,14H,2,7-11H2,1H3,(H,20,25)(H,21,23,27). The quantitative estimate of drug-likeness (QED) is 0.544. The van der Waals surface area contributed by atoms with Gasteiger partial charge in [-0.1, -0.05) is 30.7 Å². The molecular weight excluding hydrogens is 390 g/mol. The molecule has 1 heterocycles. The van der Waals surface area contributed by atoms with E-state index in [9.17, 15) is 14.4 Å². The van der Waals surface area contributed by atoms with Crippen molar-refractivity contribution in [1.29, 1.82) is 0 Å². The smallest absolute Gasteiger partial charge is 0.308 e. The van der Waals surface area contributed by atoms with Crippen LogP contribution in [0.5, 0.6) is 0 Å². The van der Waals surface area contributed by atoms with Crippen molar-refractivity contribution in [3.8, 4) is 0 Å². The molecule has 1 aromatic rings. The van der Waals surface area contributed by atoms with E-state index in [1.807, 2.05) is 6.92 Å². The summed E-state index contributed by atoms with van der Waals surface area (Å²) >= 11 is 11.1. The highest BCUT2D eigenvalue weighted by molar-refractivity contribution is 7.80. The third-order valence-electron chi connectivity index (χ3n) is 3.94. The number of nitrogens with one attached hydrogen (secondary N) is 2. The molecule has 0 radical (unpaired) electrons. The van der Waals surface area contributed by atoms with Crippen molar-refractivity contribution in [3.63, 3.8) is 0 Å². The second-order valence-corrected chi connectivity index (χ2v) is 6.90. The lowest BCUT2D eigenvalue weighted by molar-refractivity contribution is -0.147. The zero-order valence-electron chi connectivity index (χ0n) is 15.0. The van der Waals surface area contributed by atoms with Crippen LogP contribution in [0, 0.1) is 0 Å². The molecular formula is C18H22ClN3O4S. The fraction of sp³-hybridized carbons (Fsp3) is 0.444. The molecule has 9 heteroatoms. The number of amides is 2. The van der Waals surface area contributed by atoms with E-state index in [4.69, 9.17) is 28.6 Å². The van der Waals surface area contributed by atoms with E-state index in [0.29, 0.717) is 31.1 Å². The van der Waals surface area contributed by atoms with Gasteiger partial charge in [-0.3, -0.25) is 14.4 Å². The minimum absolute atomic E-state index is 0.122. The maximum atomic E-state index is 12.3. The van der Waals surface area contributed by atoms with Gasteiger partial charge in [-0.15, -0.1) is 0 Å². The molecule has 1 saturated heterocycles. The monoisotopic (exact) mass is 411 g/mol. The lowest BCUT2D eigenvalue weighted by Crippen LogP contribution is -2.60. The molecule has 0 aliphatic carbocycles. The summed E-state index contributed by atoms with van der Waals surface area (Å²) < 4.78 is 5.05. The Balaban J connectivity index is 1.96. The first-order valence-electron chi connectivity index (χ1n) is 8.69. The van der Waals surface area contributed by atoms with Gasteiger partial charge in [-0.2, -0.15) is 0 Å². The minimum atomic E-state index is -0.800. The van der Waals surface area contributed by atoms with Crippen LogP contribution in [0.3, 0.4) is 0 Å². The van der Waals surface area contributed by atoms with Crippen molar-refractivity contribution in [3.05, 3.63) is 34.9 Å². The summed E-state index contributed by atoms with van der Waals surface area (Å²) in [5.74, 6) is -1.09. The van der Waals surface area contributed by atoms with E-state index in [1.165, 1.54) is 0 Å². The number of hydrogen-bond donors (Lipinski definition) is 2. The minimum Gasteiger partial charge on any atom is -0.466 e. The largest absolute Gasteiger partial charge is 0.466 e. The normalized spacial score (nSPS) is 16.4. The number of carbonyl (C=O) groups excluding carboxylic acids is 3. The summed E-state index contributed by atoms with van der Waals surface area (Å²) in [4.78, 5) is 37.9. The molecule has 2 rings (SSSR count). The summed E-state index contributed by atoms with van der Waals surface area (Å²) in [5, 5.41) is 6.05. The van der Waals surface area contributed by atoms with E-state index in [0.717, 1.165) is 5.56 Å². The highest BCUT2D eigenvalue weighted by Gasteiger charge is 2.34. The second-order valence-electron chi connectivity index (χ2n) is 6.08. The van der Waals surface area contributed by atoms with Crippen molar-refractivity contribution in [2.24, 2.45) is 0 Å². The molecule has 1 unspecified atom stereocenters. The first kappa shape index (κ1) is 21.1. The fourth-order valence-corrected chi connectivity index (χ4v) is 3.07. The van der Waals surface area contributed by atoms with E-state index >= 15 is 0 Å². The number of halogens is 1. The molecule has 7 nitrogen and oxygen atoms in total. The van der Waals surface area contributed by atoms with Crippen LogP contribution in [-0.2, 0) is 25.5 Å². The molecule has 1 aliphatic heterocycles. The van der Waals surface area contributed by atoms with E-state index in [1.54, 1.807) is 29.2 Å². The van der Waals surface area contributed by atoms with E-state index < -0.39 is 12.0 Å². The number of nitrogens with zero attached hydrogens (tertiary/aromatic N) is 1. The van der Waals surface area contributed by atoms with Crippen molar-refractivity contribution in [2.45, 2.75) is 32.2 Å². The molecule has 0 aromatic heterocycles. The number of rotatable bonds is 6.